The van der Waals surface area contributed by atoms with Gasteiger partial charge in [-0.25, -0.2) is 0 Å². The summed E-state index contributed by atoms with van der Waals surface area (Å²) < 4.78 is 8.51. The number of hydrogen-bond donors (Lipinski definition) is 1. The molecule has 1 N–H and O–H groups in total. The summed E-state index contributed by atoms with van der Waals surface area (Å²) >= 11 is 0. The van der Waals surface area contributed by atoms with Crippen LogP contribution in [-0.4, -0.2) is 9.67 Å². The van der Waals surface area contributed by atoms with Crippen molar-refractivity contribution in [2.45, 2.75) is 6.04 Å². The van der Waals surface area contributed by atoms with E-state index in [4.69, 9.17) is 4.74 Å². The second-order valence-electron chi connectivity index (χ2n) is 7.17. The molecule has 1 unspecified atom stereocenters. The van der Waals surface area contributed by atoms with E-state index in [1.165, 1.54) is 5.57 Å². The SMILES string of the molecule is Oc1cc2c3ccccc3n3c2c(c1Oc1ccccc1)C=C1C=CC=CC13. The lowest BCUT2D eigenvalue weighted by Gasteiger charge is -2.27. The molecule has 0 bridgehead atoms. The Kier molecular flexibility index (Phi) is 3.09. The largest absolute Gasteiger partial charge is 0.504 e. The zero-order chi connectivity index (χ0) is 18.7. The van der Waals surface area contributed by atoms with Crippen LogP contribution in [0, 0.1) is 0 Å². The van der Waals surface area contributed by atoms with Crippen molar-refractivity contribution in [3.05, 3.63) is 96.1 Å². The first-order chi connectivity index (χ1) is 13.8. The Morgan fingerprint density at radius 3 is 2.61 bits per heavy atom. The second kappa shape index (κ2) is 5.64. The van der Waals surface area contributed by atoms with E-state index >= 15 is 0 Å². The minimum absolute atomic E-state index is 0.147. The Morgan fingerprint density at radius 2 is 1.71 bits per heavy atom. The number of aromatic nitrogens is 1. The topological polar surface area (TPSA) is 34.4 Å². The lowest BCUT2D eigenvalue weighted by Crippen LogP contribution is -2.14. The van der Waals surface area contributed by atoms with Crippen LogP contribution in [0.15, 0.2) is 90.5 Å². The predicted octanol–water partition coefficient (Wildman–Crippen LogP) is 6.36. The quantitative estimate of drug-likeness (QED) is 0.450. The summed E-state index contributed by atoms with van der Waals surface area (Å²) in [4.78, 5) is 0. The first-order valence-electron chi connectivity index (χ1n) is 9.39. The Hall–Kier alpha value is -3.72. The van der Waals surface area contributed by atoms with Gasteiger partial charge in [-0.05, 0) is 35.9 Å². The first kappa shape index (κ1) is 15.3. The van der Waals surface area contributed by atoms with Crippen LogP contribution in [0.2, 0.25) is 0 Å². The molecule has 3 nitrogen and oxygen atoms in total. The molecule has 0 amide bonds. The van der Waals surface area contributed by atoms with Crippen molar-refractivity contribution in [1.82, 2.24) is 4.57 Å². The molecule has 4 aromatic rings. The lowest BCUT2D eigenvalue weighted by atomic mass is 9.94. The van der Waals surface area contributed by atoms with Crippen LogP contribution in [0.5, 0.6) is 17.2 Å². The van der Waals surface area contributed by atoms with Gasteiger partial charge < -0.3 is 14.4 Å². The molecule has 2 aliphatic rings. The Labute approximate surface area is 162 Å². The van der Waals surface area contributed by atoms with E-state index in [1.807, 2.05) is 42.5 Å². The fourth-order valence-corrected chi connectivity index (χ4v) is 4.38. The van der Waals surface area contributed by atoms with Gasteiger partial charge in [-0.15, -0.1) is 0 Å². The van der Waals surface area contributed by atoms with Gasteiger partial charge in [0.25, 0.3) is 0 Å². The number of phenols is 1. The van der Waals surface area contributed by atoms with Crippen molar-refractivity contribution in [3.8, 4) is 17.2 Å². The van der Waals surface area contributed by atoms with Gasteiger partial charge in [-0.2, -0.15) is 0 Å². The Bertz CT molecular complexity index is 1340. The maximum absolute atomic E-state index is 10.9. The fourth-order valence-electron chi connectivity index (χ4n) is 4.38. The van der Waals surface area contributed by atoms with E-state index in [2.05, 4.69) is 53.1 Å². The third-order valence-corrected chi connectivity index (χ3v) is 5.55. The maximum atomic E-state index is 10.9. The molecule has 3 aromatic carbocycles. The van der Waals surface area contributed by atoms with Crippen LogP contribution in [0.4, 0.5) is 0 Å². The Balaban J connectivity index is 1.73. The number of para-hydroxylation sites is 2. The van der Waals surface area contributed by atoms with Crippen molar-refractivity contribution in [2.24, 2.45) is 0 Å². The number of benzene rings is 3. The van der Waals surface area contributed by atoms with Crippen molar-refractivity contribution < 1.29 is 9.84 Å². The smallest absolute Gasteiger partial charge is 0.178 e. The standard InChI is InChI=1S/C25H17NO2/c27-23-15-19-18-11-5-7-13-22(18)26-21-12-6-4-8-16(21)14-20(24(19)26)25(23)28-17-9-2-1-3-10-17/h1-15,21,27H. The molecule has 1 aliphatic heterocycles. The van der Waals surface area contributed by atoms with E-state index in [-0.39, 0.29) is 11.8 Å². The fraction of sp³-hybridized carbons (Fsp3) is 0.0400. The van der Waals surface area contributed by atoms with Gasteiger partial charge in [0.2, 0.25) is 0 Å². The molecular weight excluding hydrogens is 346 g/mol. The van der Waals surface area contributed by atoms with Gasteiger partial charge in [0, 0.05) is 21.9 Å². The summed E-state index contributed by atoms with van der Waals surface area (Å²) in [6, 6.07) is 19.9. The third kappa shape index (κ3) is 2.04. The molecule has 0 saturated carbocycles. The van der Waals surface area contributed by atoms with Crippen molar-refractivity contribution in [1.29, 1.82) is 0 Å². The molecule has 28 heavy (non-hydrogen) atoms. The van der Waals surface area contributed by atoms with E-state index in [1.54, 1.807) is 0 Å². The van der Waals surface area contributed by atoms with Gasteiger partial charge in [0.05, 0.1) is 11.6 Å². The van der Waals surface area contributed by atoms with Gasteiger partial charge in [0.1, 0.15) is 5.75 Å². The molecule has 0 saturated heterocycles. The number of nitrogens with zero attached hydrogens (tertiary/aromatic N) is 1. The number of rotatable bonds is 2. The molecule has 3 heteroatoms. The van der Waals surface area contributed by atoms with Crippen LogP contribution in [0.25, 0.3) is 27.9 Å². The van der Waals surface area contributed by atoms with E-state index < -0.39 is 0 Å². The maximum Gasteiger partial charge on any atom is 0.178 e. The van der Waals surface area contributed by atoms with Crippen molar-refractivity contribution >= 4 is 27.9 Å². The molecule has 2 heterocycles. The molecule has 1 atom stereocenters. The highest BCUT2D eigenvalue weighted by Crippen LogP contribution is 2.49. The van der Waals surface area contributed by atoms with Crippen LogP contribution >= 0.6 is 0 Å². The number of hydrogen-bond acceptors (Lipinski definition) is 2. The van der Waals surface area contributed by atoms with Crippen LogP contribution in [-0.2, 0) is 0 Å². The van der Waals surface area contributed by atoms with Gasteiger partial charge in [-0.3, -0.25) is 0 Å². The molecule has 6 rings (SSSR count). The average Bonchev–Trinajstić information content (AvgIpc) is 3.07. The number of aromatic hydroxyl groups is 1. The van der Waals surface area contributed by atoms with Crippen LogP contribution in [0.3, 0.4) is 0 Å². The minimum Gasteiger partial charge on any atom is -0.504 e. The average molecular weight is 363 g/mol. The molecule has 0 spiro atoms. The van der Waals surface area contributed by atoms with Gasteiger partial charge >= 0.3 is 0 Å². The van der Waals surface area contributed by atoms with E-state index in [0.717, 1.165) is 27.4 Å². The third-order valence-electron chi connectivity index (χ3n) is 5.55. The number of fused-ring (bicyclic) bond motifs is 5. The summed E-state index contributed by atoms with van der Waals surface area (Å²) in [5.41, 5.74) is 4.35. The van der Waals surface area contributed by atoms with E-state index in [9.17, 15) is 5.11 Å². The molecule has 0 fully saturated rings. The highest BCUT2D eigenvalue weighted by molar-refractivity contribution is 6.13. The normalized spacial score (nSPS) is 17.0. The summed E-state index contributed by atoms with van der Waals surface area (Å²) in [5, 5.41) is 13.1. The molecule has 0 radical (unpaired) electrons. The van der Waals surface area contributed by atoms with Crippen molar-refractivity contribution in [2.75, 3.05) is 0 Å². The molecular formula is C25H17NO2. The predicted molar refractivity (Wildman–Crippen MR) is 113 cm³/mol. The summed E-state index contributed by atoms with van der Waals surface area (Å²) in [6.07, 6.45) is 10.6. The monoisotopic (exact) mass is 363 g/mol. The number of phenolic OH excluding ortho intramolecular Hbond substituents is 1. The highest BCUT2D eigenvalue weighted by atomic mass is 16.5. The minimum atomic E-state index is 0.147. The summed E-state index contributed by atoms with van der Waals surface area (Å²) in [7, 11) is 0. The second-order valence-corrected chi connectivity index (χ2v) is 7.17. The molecule has 1 aliphatic carbocycles. The molecule has 1 aromatic heterocycles. The summed E-state index contributed by atoms with van der Waals surface area (Å²) in [6.45, 7) is 0. The number of allylic oxidation sites excluding steroid dienone is 5. The van der Waals surface area contributed by atoms with Gasteiger partial charge in [0.15, 0.2) is 11.5 Å². The van der Waals surface area contributed by atoms with Gasteiger partial charge in [-0.1, -0.05) is 60.7 Å². The number of ether oxygens (including phenoxy) is 1. The van der Waals surface area contributed by atoms with Crippen LogP contribution < -0.4 is 4.74 Å². The zero-order valence-corrected chi connectivity index (χ0v) is 15.0. The summed E-state index contributed by atoms with van der Waals surface area (Å²) in [5.74, 6) is 1.35. The zero-order valence-electron chi connectivity index (χ0n) is 15.0. The highest BCUT2D eigenvalue weighted by Gasteiger charge is 2.29. The van der Waals surface area contributed by atoms with Crippen molar-refractivity contribution in [3.63, 3.8) is 0 Å². The lowest BCUT2D eigenvalue weighted by molar-refractivity contribution is 0.411. The van der Waals surface area contributed by atoms with E-state index in [0.29, 0.717) is 11.5 Å². The Morgan fingerprint density at radius 1 is 0.893 bits per heavy atom. The molecule has 134 valence electrons. The van der Waals surface area contributed by atoms with Crippen LogP contribution in [0.1, 0.15) is 11.6 Å². The first-order valence-corrected chi connectivity index (χ1v) is 9.39.